The van der Waals surface area contributed by atoms with E-state index in [2.05, 4.69) is 0 Å². The van der Waals surface area contributed by atoms with Gasteiger partial charge in [-0.3, -0.25) is 9.59 Å². The summed E-state index contributed by atoms with van der Waals surface area (Å²) in [4.78, 5) is 24.1. The van der Waals surface area contributed by atoms with E-state index < -0.39 is 18.1 Å². The number of nitrogens with zero attached hydrogens (tertiary/aromatic N) is 1. The van der Waals surface area contributed by atoms with Crippen LogP contribution in [0.5, 0.6) is 0 Å². The predicted molar refractivity (Wildman–Crippen MR) is 48.0 cm³/mol. The van der Waals surface area contributed by atoms with Crippen molar-refractivity contribution < 1.29 is 14.7 Å². The largest absolute Gasteiger partial charge is 0.391 e. The number of carbonyl (C=O) groups excluding carboxylic acids is 2. The third-order valence-electron chi connectivity index (χ3n) is 2.82. The molecular formula is C9H14N2O3. The fraction of sp³-hybridized carbons (Fsp3) is 0.778. The third kappa shape index (κ3) is 1.59. The second-order valence-electron chi connectivity index (χ2n) is 4.07. The molecule has 5 nitrogen and oxygen atoms in total. The van der Waals surface area contributed by atoms with Crippen LogP contribution in [0.25, 0.3) is 0 Å². The first-order valence-electron chi connectivity index (χ1n) is 4.87. The van der Waals surface area contributed by atoms with E-state index in [0.717, 1.165) is 12.8 Å². The number of rotatable bonds is 2. The van der Waals surface area contributed by atoms with E-state index in [1.165, 1.54) is 4.90 Å². The minimum absolute atomic E-state index is 0.0228. The number of aliphatic hydroxyl groups is 1. The number of amides is 2. The van der Waals surface area contributed by atoms with E-state index in [9.17, 15) is 14.7 Å². The van der Waals surface area contributed by atoms with Gasteiger partial charge < -0.3 is 15.7 Å². The van der Waals surface area contributed by atoms with Crippen LogP contribution in [-0.2, 0) is 9.59 Å². The Labute approximate surface area is 81.9 Å². The summed E-state index contributed by atoms with van der Waals surface area (Å²) in [7, 11) is 0. The maximum absolute atomic E-state index is 11.7. The maximum Gasteiger partial charge on any atom is 0.240 e. The fourth-order valence-electron chi connectivity index (χ4n) is 1.89. The molecule has 0 radical (unpaired) electrons. The molecule has 2 unspecified atom stereocenters. The van der Waals surface area contributed by atoms with E-state index in [0.29, 0.717) is 0 Å². The van der Waals surface area contributed by atoms with Gasteiger partial charge in [-0.2, -0.15) is 0 Å². The van der Waals surface area contributed by atoms with Crippen LogP contribution in [0.4, 0.5) is 0 Å². The zero-order chi connectivity index (χ0) is 10.3. The fourth-order valence-corrected chi connectivity index (χ4v) is 1.89. The Hall–Kier alpha value is -1.10. The Morgan fingerprint density at radius 1 is 1.36 bits per heavy atom. The molecule has 0 spiro atoms. The number of primary amides is 1. The summed E-state index contributed by atoms with van der Waals surface area (Å²) < 4.78 is 0. The number of hydrogen-bond donors (Lipinski definition) is 2. The number of hydrogen-bond acceptors (Lipinski definition) is 3. The lowest BCUT2D eigenvalue weighted by Gasteiger charge is -2.21. The average molecular weight is 198 g/mol. The standard InChI is InChI=1S/C9H14N2O3/c10-8(13)7-3-6(12)4-11(7)9(14)5-1-2-5/h5-7,12H,1-4H2,(H2,10,13). The molecule has 0 bridgehead atoms. The molecule has 1 saturated carbocycles. The molecule has 1 heterocycles. The molecule has 2 amide bonds. The van der Waals surface area contributed by atoms with Crippen molar-refractivity contribution in [3.63, 3.8) is 0 Å². The van der Waals surface area contributed by atoms with Crippen molar-refractivity contribution in [2.24, 2.45) is 11.7 Å². The van der Waals surface area contributed by atoms with Gasteiger partial charge in [-0.1, -0.05) is 0 Å². The van der Waals surface area contributed by atoms with Gasteiger partial charge in [-0.05, 0) is 12.8 Å². The van der Waals surface area contributed by atoms with Gasteiger partial charge in [0, 0.05) is 18.9 Å². The first-order chi connectivity index (χ1) is 6.59. The van der Waals surface area contributed by atoms with Crippen molar-refractivity contribution in [2.75, 3.05) is 6.54 Å². The summed E-state index contributed by atoms with van der Waals surface area (Å²) in [5.41, 5.74) is 5.16. The second-order valence-corrected chi connectivity index (χ2v) is 4.07. The number of likely N-dealkylation sites (tertiary alicyclic amines) is 1. The lowest BCUT2D eigenvalue weighted by atomic mass is 10.2. The summed E-state index contributed by atoms with van der Waals surface area (Å²) in [5, 5.41) is 9.37. The van der Waals surface area contributed by atoms with Crippen LogP contribution < -0.4 is 5.73 Å². The molecule has 2 rings (SSSR count). The molecule has 5 heteroatoms. The van der Waals surface area contributed by atoms with Gasteiger partial charge >= 0.3 is 0 Å². The Kier molecular flexibility index (Phi) is 2.19. The molecule has 2 aliphatic rings. The summed E-state index contributed by atoms with van der Waals surface area (Å²) in [6, 6.07) is -0.599. The molecule has 78 valence electrons. The Balaban J connectivity index is 2.07. The van der Waals surface area contributed by atoms with Gasteiger partial charge in [-0.15, -0.1) is 0 Å². The predicted octanol–water partition coefficient (Wildman–Crippen LogP) is -1.16. The lowest BCUT2D eigenvalue weighted by molar-refractivity contribution is -0.138. The summed E-state index contributed by atoms with van der Waals surface area (Å²) >= 11 is 0. The van der Waals surface area contributed by atoms with Crippen LogP contribution in [0.15, 0.2) is 0 Å². The summed E-state index contributed by atoms with van der Waals surface area (Å²) in [6.07, 6.45) is 1.48. The lowest BCUT2D eigenvalue weighted by Crippen LogP contribution is -2.44. The molecule has 1 saturated heterocycles. The highest BCUT2D eigenvalue weighted by Crippen LogP contribution is 2.33. The highest BCUT2D eigenvalue weighted by Gasteiger charge is 2.42. The van der Waals surface area contributed by atoms with E-state index in [1.54, 1.807) is 0 Å². The van der Waals surface area contributed by atoms with Crippen LogP contribution in [0.3, 0.4) is 0 Å². The number of β-amino-alcohol motifs (C(OH)–C–C–N with tert-alkyl or cyclic N) is 1. The second kappa shape index (κ2) is 3.24. The van der Waals surface area contributed by atoms with Crippen molar-refractivity contribution in [1.82, 2.24) is 4.90 Å². The van der Waals surface area contributed by atoms with E-state index in [-0.39, 0.29) is 24.8 Å². The molecule has 2 atom stereocenters. The molecule has 14 heavy (non-hydrogen) atoms. The SMILES string of the molecule is NC(=O)C1CC(O)CN1C(=O)C1CC1. The molecule has 1 aliphatic heterocycles. The van der Waals surface area contributed by atoms with Gasteiger partial charge in [-0.25, -0.2) is 0 Å². The highest BCUT2D eigenvalue weighted by molar-refractivity contribution is 5.89. The van der Waals surface area contributed by atoms with Crippen LogP contribution in [0.1, 0.15) is 19.3 Å². The van der Waals surface area contributed by atoms with Crippen molar-refractivity contribution in [1.29, 1.82) is 0 Å². The van der Waals surface area contributed by atoms with Gasteiger partial charge in [0.25, 0.3) is 0 Å². The van der Waals surface area contributed by atoms with Crippen LogP contribution in [-0.4, -0.2) is 40.5 Å². The van der Waals surface area contributed by atoms with E-state index in [1.807, 2.05) is 0 Å². The Bertz CT molecular complexity index is 275. The van der Waals surface area contributed by atoms with Gasteiger partial charge in [0.05, 0.1) is 6.10 Å². The Morgan fingerprint density at radius 3 is 2.50 bits per heavy atom. The monoisotopic (exact) mass is 198 g/mol. The van der Waals surface area contributed by atoms with Crippen LogP contribution in [0.2, 0.25) is 0 Å². The zero-order valence-corrected chi connectivity index (χ0v) is 7.85. The quantitative estimate of drug-likeness (QED) is 0.587. The first kappa shape index (κ1) is 9.45. The number of carbonyl (C=O) groups is 2. The number of nitrogens with two attached hydrogens (primary N) is 1. The van der Waals surface area contributed by atoms with Crippen molar-refractivity contribution in [3.8, 4) is 0 Å². The first-order valence-corrected chi connectivity index (χ1v) is 4.87. The molecular weight excluding hydrogens is 184 g/mol. The average Bonchev–Trinajstić information content (AvgIpc) is 2.87. The molecule has 0 aromatic heterocycles. The molecule has 2 fully saturated rings. The molecule has 3 N–H and O–H groups in total. The highest BCUT2D eigenvalue weighted by atomic mass is 16.3. The number of aliphatic hydroxyl groups excluding tert-OH is 1. The smallest absolute Gasteiger partial charge is 0.240 e. The van der Waals surface area contributed by atoms with Crippen LogP contribution >= 0.6 is 0 Å². The topological polar surface area (TPSA) is 83.6 Å². The summed E-state index contributed by atoms with van der Waals surface area (Å²) in [5.74, 6) is -0.469. The minimum atomic E-state index is -0.602. The van der Waals surface area contributed by atoms with Gasteiger partial charge in [0.1, 0.15) is 6.04 Å². The van der Waals surface area contributed by atoms with Crippen molar-refractivity contribution in [2.45, 2.75) is 31.4 Å². The molecule has 0 aromatic rings. The van der Waals surface area contributed by atoms with Gasteiger partial charge in [0.15, 0.2) is 0 Å². The molecule has 1 aliphatic carbocycles. The maximum atomic E-state index is 11.7. The normalized spacial score (nSPS) is 31.9. The minimum Gasteiger partial charge on any atom is -0.391 e. The van der Waals surface area contributed by atoms with Crippen LogP contribution in [0, 0.1) is 5.92 Å². The van der Waals surface area contributed by atoms with Crippen molar-refractivity contribution >= 4 is 11.8 Å². The molecule has 0 aromatic carbocycles. The van der Waals surface area contributed by atoms with Gasteiger partial charge in [0.2, 0.25) is 11.8 Å². The Morgan fingerprint density at radius 2 is 2.00 bits per heavy atom. The van der Waals surface area contributed by atoms with E-state index >= 15 is 0 Å². The summed E-state index contributed by atoms with van der Waals surface area (Å²) in [6.45, 7) is 0.253. The third-order valence-corrected chi connectivity index (χ3v) is 2.82. The van der Waals surface area contributed by atoms with E-state index in [4.69, 9.17) is 5.73 Å². The zero-order valence-electron chi connectivity index (χ0n) is 7.85. The van der Waals surface area contributed by atoms with Crippen molar-refractivity contribution in [3.05, 3.63) is 0 Å².